The summed E-state index contributed by atoms with van der Waals surface area (Å²) in [7, 11) is 2.03. The van der Waals surface area contributed by atoms with Crippen molar-refractivity contribution in [3.63, 3.8) is 0 Å². The van der Waals surface area contributed by atoms with Gasteiger partial charge < -0.3 is 14.7 Å². The molecule has 0 aliphatic carbocycles. The van der Waals surface area contributed by atoms with Crippen LogP contribution in [0, 0.1) is 11.6 Å². The molecule has 0 saturated carbocycles. The summed E-state index contributed by atoms with van der Waals surface area (Å²) in [6.45, 7) is 9.46. The van der Waals surface area contributed by atoms with E-state index in [-0.39, 0.29) is 64.0 Å². The highest BCUT2D eigenvalue weighted by Crippen LogP contribution is 2.50. The van der Waals surface area contributed by atoms with Crippen LogP contribution in [0.1, 0.15) is 32.4 Å². The molecule has 1 aromatic heterocycles. The number of hydrogen-bond acceptors (Lipinski definition) is 7. The summed E-state index contributed by atoms with van der Waals surface area (Å²) in [5, 5.41) is 0.134. The van der Waals surface area contributed by atoms with E-state index in [9.17, 15) is 27.2 Å². The minimum atomic E-state index is -4.90. The standard InChI is InChI=1S/C31H35F5N6O2S/c1-17-13-40(14-18(2)41(17)19(3)43)29-23-12-24(31(34,35)36)26(22-6-5-20(32)11-25(22)33)28-27(23)42(30(44)37-29)21(16-45-28)15-39-9-7-38(4)8-10-39/h5-6,11-12,17-18,21H,7-10,13-16H2,1-4H3/t17-,18+,21?. The first-order chi connectivity index (χ1) is 21.2. The van der Waals surface area contributed by atoms with Crippen molar-refractivity contribution in [1.29, 1.82) is 0 Å². The van der Waals surface area contributed by atoms with Crippen LogP contribution >= 0.6 is 11.8 Å². The number of aromatic nitrogens is 2. The normalized spacial score (nSPS) is 23.2. The molecule has 0 spiro atoms. The van der Waals surface area contributed by atoms with E-state index >= 15 is 4.39 Å². The molecule has 0 bridgehead atoms. The largest absolute Gasteiger partial charge is 0.417 e. The molecule has 3 aliphatic heterocycles. The lowest BCUT2D eigenvalue weighted by Crippen LogP contribution is -2.58. The maximum Gasteiger partial charge on any atom is 0.417 e. The van der Waals surface area contributed by atoms with Crippen molar-refractivity contribution >= 4 is 34.4 Å². The number of anilines is 1. The second-order valence-electron chi connectivity index (χ2n) is 12.3. The maximum absolute atomic E-state index is 15.2. The first-order valence-corrected chi connectivity index (χ1v) is 16.0. The number of carbonyl (C=O) groups is 1. The number of alkyl halides is 3. The Labute approximate surface area is 261 Å². The number of rotatable bonds is 4. The Morgan fingerprint density at radius 2 is 1.71 bits per heavy atom. The molecule has 242 valence electrons. The Hall–Kier alpha value is -3.23. The fourth-order valence-electron chi connectivity index (χ4n) is 7.09. The van der Waals surface area contributed by atoms with Crippen molar-refractivity contribution in [3.05, 3.63) is 51.9 Å². The SMILES string of the molecule is CC(=O)N1[C@H](C)CN(c2nc(=O)n3c4c(c(-c5ccc(F)cc5F)c(C(F)(F)F)cc24)SCC3CN2CCN(C)CC2)C[C@@H]1C. The summed E-state index contributed by atoms with van der Waals surface area (Å²) in [5.74, 6) is -1.77. The quantitative estimate of drug-likeness (QED) is 0.380. The molecule has 45 heavy (non-hydrogen) atoms. The van der Waals surface area contributed by atoms with Gasteiger partial charge in [-0.3, -0.25) is 14.3 Å². The number of halogens is 5. The van der Waals surface area contributed by atoms with Gasteiger partial charge in [-0.1, -0.05) is 0 Å². The molecule has 6 rings (SSSR count). The number of piperazine rings is 2. The molecule has 3 aliphatic rings. The summed E-state index contributed by atoms with van der Waals surface area (Å²) < 4.78 is 75.3. The number of benzene rings is 2. The van der Waals surface area contributed by atoms with Gasteiger partial charge in [-0.25, -0.2) is 13.6 Å². The van der Waals surface area contributed by atoms with Crippen LogP contribution in [0.15, 0.2) is 34.0 Å². The first-order valence-electron chi connectivity index (χ1n) is 15.0. The number of amides is 1. The molecule has 1 unspecified atom stereocenters. The average Bonchev–Trinajstić information content (AvgIpc) is 2.95. The van der Waals surface area contributed by atoms with Crippen LogP contribution in [0.3, 0.4) is 0 Å². The second kappa shape index (κ2) is 11.8. The number of thioether (sulfide) groups is 1. The van der Waals surface area contributed by atoms with Crippen molar-refractivity contribution in [1.82, 2.24) is 24.3 Å². The summed E-state index contributed by atoms with van der Waals surface area (Å²) >= 11 is 1.16. The summed E-state index contributed by atoms with van der Waals surface area (Å²) in [5.41, 5.74) is -2.22. The van der Waals surface area contributed by atoms with Crippen LogP contribution in [0.4, 0.5) is 27.8 Å². The molecule has 3 aromatic rings. The number of likely N-dealkylation sites (N-methyl/N-ethyl adjacent to an activating group) is 1. The van der Waals surface area contributed by atoms with Gasteiger partial charge in [0.15, 0.2) is 0 Å². The highest BCUT2D eigenvalue weighted by atomic mass is 32.2. The van der Waals surface area contributed by atoms with Gasteiger partial charge in [0, 0.05) is 98.0 Å². The van der Waals surface area contributed by atoms with Crippen LogP contribution in [-0.4, -0.2) is 101 Å². The van der Waals surface area contributed by atoms with Crippen LogP contribution in [0.2, 0.25) is 0 Å². The Balaban J connectivity index is 1.60. The van der Waals surface area contributed by atoms with Crippen molar-refractivity contribution in [2.75, 3.05) is 63.5 Å². The molecule has 3 atom stereocenters. The Morgan fingerprint density at radius 3 is 2.31 bits per heavy atom. The third-order valence-corrected chi connectivity index (χ3v) is 10.3. The molecule has 2 aromatic carbocycles. The summed E-state index contributed by atoms with van der Waals surface area (Å²) in [4.78, 5) is 38.7. The van der Waals surface area contributed by atoms with Gasteiger partial charge in [0.1, 0.15) is 17.5 Å². The van der Waals surface area contributed by atoms with E-state index in [1.165, 1.54) is 11.5 Å². The van der Waals surface area contributed by atoms with E-state index in [4.69, 9.17) is 0 Å². The summed E-state index contributed by atoms with van der Waals surface area (Å²) in [6.07, 6.45) is -4.90. The van der Waals surface area contributed by atoms with Crippen molar-refractivity contribution in [2.24, 2.45) is 0 Å². The Kier molecular flexibility index (Phi) is 8.36. The van der Waals surface area contributed by atoms with E-state index in [1.54, 1.807) is 9.80 Å². The van der Waals surface area contributed by atoms with Gasteiger partial charge in [0.05, 0.1) is 17.1 Å². The van der Waals surface area contributed by atoms with E-state index < -0.39 is 40.7 Å². The van der Waals surface area contributed by atoms with Crippen molar-refractivity contribution in [3.8, 4) is 11.1 Å². The van der Waals surface area contributed by atoms with E-state index in [0.29, 0.717) is 12.6 Å². The Bertz CT molecular complexity index is 1690. The minimum Gasteiger partial charge on any atom is -0.352 e. The van der Waals surface area contributed by atoms with Crippen molar-refractivity contribution in [2.45, 2.75) is 50.0 Å². The van der Waals surface area contributed by atoms with E-state index in [2.05, 4.69) is 14.8 Å². The molecule has 0 N–H and O–H groups in total. The molecular weight excluding hydrogens is 615 g/mol. The lowest BCUT2D eigenvalue weighted by molar-refractivity contribution is -0.137. The summed E-state index contributed by atoms with van der Waals surface area (Å²) in [6, 6.07) is 2.51. The lowest BCUT2D eigenvalue weighted by Gasteiger charge is -2.45. The molecule has 4 heterocycles. The maximum atomic E-state index is 15.2. The highest BCUT2D eigenvalue weighted by Gasteiger charge is 2.41. The zero-order valence-electron chi connectivity index (χ0n) is 25.5. The average molecular weight is 651 g/mol. The van der Waals surface area contributed by atoms with Crippen molar-refractivity contribution < 1.29 is 26.7 Å². The molecule has 14 heteroatoms. The van der Waals surface area contributed by atoms with Gasteiger partial charge >= 0.3 is 11.9 Å². The predicted molar refractivity (Wildman–Crippen MR) is 164 cm³/mol. The lowest BCUT2D eigenvalue weighted by atomic mass is 9.95. The van der Waals surface area contributed by atoms with Gasteiger partial charge in [-0.05, 0) is 39.1 Å². The van der Waals surface area contributed by atoms with Crippen LogP contribution < -0.4 is 10.6 Å². The zero-order chi connectivity index (χ0) is 32.4. The van der Waals surface area contributed by atoms with Crippen LogP contribution in [-0.2, 0) is 11.0 Å². The molecule has 1 amide bonds. The zero-order valence-corrected chi connectivity index (χ0v) is 26.3. The van der Waals surface area contributed by atoms with Gasteiger partial charge in [0.2, 0.25) is 5.91 Å². The fourth-order valence-corrected chi connectivity index (χ4v) is 8.42. The molecule has 8 nitrogen and oxygen atoms in total. The monoisotopic (exact) mass is 650 g/mol. The highest BCUT2D eigenvalue weighted by molar-refractivity contribution is 7.99. The number of carbonyl (C=O) groups excluding carboxylic acids is 1. The predicted octanol–water partition coefficient (Wildman–Crippen LogP) is 4.70. The third kappa shape index (κ3) is 5.80. The minimum absolute atomic E-state index is 0.104. The molecule has 0 radical (unpaired) electrons. The van der Waals surface area contributed by atoms with Gasteiger partial charge in [0.25, 0.3) is 0 Å². The number of nitrogens with zero attached hydrogens (tertiary/aromatic N) is 6. The molecule has 2 fully saturated rings. The molecular formula is C31H35F5N6O2S. The van der Waals surface area contributed by atoms with Crippen LogP contribution in [0.5, 0.6) is 0 Å². The smallest absolute Gasteiger partial charge is 0.352 e. The van der Waals surface area contributed by atoms with E-state index in [0.717, 1.165) is 56.1 Å². The van der Waals surface area contributed by atoms with Gasteiger partial charge in [-0.2, -0.15) is 18.2 Å². The van der Waals surface area contributed by atoms with Crippen LogP contribution in [0.25, 0.3) is 22.0 Å². The topological polar surface area (TPSA) is 64.9 Å². The van der Waals surface area contributed by atoms with E-state index in [1.807, 2.05) is 20.9 Å². The van der Waals surface area contributed by atoms with Gasteiger partial charge in [-0.15, -0.1) is 11.8 Å². The Morgan fingerprint density at radius 1 is 1.04 bits per heavy atom. The second-order valence-corrected chi connectivity index (χ2v) is 13.4. The first kappa shape index (κ1) is 31.7. The number of hydrogen-bond donors (Lipinski definition) is 0. The fraction of sp³-hybridized carbons (Fsp3) is 0.516. The third-order valence-electron chi connectivity index (χ3n) is 9.08. The molecule has 2 saturated heterocycles.